The van der Waals surface area contributed by atoms with Crippen LogP contribution in [0.15, 0.2) is 138 Å². The molecule has 29 heteroatoms. The zero-order valence-corrected chi connectivity index (χ0v) is 40.6. The number of aryl methyl sites for hydroxylation is 4. The number of halogens is 9. The summed E-state index contributed by atoms with van der Waals surface area (Å²) in [6.07, 6.45) is 1.75. The first-order valence-corrected chi connectivity index (χ1v) is 27.0. The minimum atomic E-state index is -5.63. The maximum absolute atomic E-state index is 12.9. The van der Waals surface area contributed by atoms with Gasteiger partial charge in [0.1, 0.15) is 11.6 Å². The lowest BCUT2D eigenvalue weighted by molar-refractivity contribution is -0.0435. The van der Waals surface area contributed by atoms with Crippen LogP contribution in [0.5, 0.6) is 0 Å². The van der Waals surface area contributed by atoms with Gasteiger partial charge in [-0.15, -0.1) is 0 Å². The molecule has 0 aliphatic heterocycles. The number of imidazole rings is 2. The van der Waals surface area contributed by atoms with Crippen LogP contribution < -0.4 is 19.3 Å². The van der Waals surface area contributed by atoms with E-state index in [-0.39, 0.29) is 27.5 Å². The molecule has 0 saturated carbocycles. The number of fused-ring (bicyclic) bond motifs is 2. The van der Waals surface area contributed by atoms with Crippen molar-refractivity contribution in [3.05, 3.63) is 156 Å². The number of aromatic nitrogens is 4. The van der Waals surface area contributed by atoms with Crippen LogP contribution in [0.2, 0.25) is 0 Å². The van der Waals surface area contributed by atoms with Crippen molar-refractivity contribution in [3.63, 3.8) is 0 Å². The number of rotatable bonds is 15. The molecule has 0 atom stereocenters. The molecule has 0 fully saturated rings. The molecule has 0 spiro atoms. The second-order valence-electron chi connectivity index (χ2n) is 16.0. The lowest BCUT2D eigenvalue weighted by Gasteiger charge is -2.14. The summed E-state index contributed by atoms with van der Waals surface area (Å²) in [7, 11) is -20.5. The van der Waals surface area contributed by atoms with E-state index in [0.717, 1.165) is 5.56 Å². The van der Waals surface area contributed by atoms with E-state index >= 15 is 0 Å². The molecule has 0 amide bonds. The van der Waals surface area contributed by atoms with E-state index in [0.29, 0.717) is 81.7 Å². The number of hydrogen-bond donors (Lipinski definition) is 6. The van der Waals surface area contributed by atoms with Crippen LogP contribution in [0.3, 0.4) is 0 Å². The number of nitrogens with zero attached hydrogens (tertiary/aromatic N) is 2. The van der Waals surface area contributed by atoms with Gasteiger partial charge in [0.05, 0.1) is 32.6 Å². The molecular formula is C45H37F9N8O8S4. The van der Waals surface area contributed by atoms with Crippen molar-refractivity contribution in [1.82, 2.24) is 19.9 Å². The molecule has 7 N–H and O–H groups in total. The van der Waals surface area contributed by atoms with Crippen LogP contribution in [-0.4, -0.2) is 70.1 Å². The highest BCUT2D eigenvalue weighted by molar-refractivity contribution is 7.94. The van der Waals surface area contributed by atoms with E-state index in [1.807, 2.05) is 0 Å². The number of hydrogen-bond acceptors (Lipinski definition) is 10. The monoisotopic (exact) mass is 1120 g/mol. The summed E-state index contributed by atoms with van der Waals surface area (Å²) in [6, 6.07) is 33.0. The summed E-state index contributed by atoms with van der Waals surface area (Å²) >= 11 is 0. The van der Waals surface area contributed by atoms with Gasteiger partial charge in [0, 0.05) is 35.3 Å². The normalized spacial score (nSPS) is 12.8. The fraction of sp³-hybridized carbons (Fsp3) is 0.156. The molecule has 0 saturated heterocycles. The van der Waals surface area contributed by atoms with Crippen LogP contribution >= 0.6 is 0 Å². The van der Waals surface area contributed by atoms with E-state index < -0.39 is 56.6 Å². The minimum Gasteiger partial charge on any atom is -0.342 e. The van der Waals surface area contributed by atoms with Crippen molar-refractivity contribution >= 4 is 79.2 Å². The Balaban J connectivity index is 0.000000217. The highest BCUT2D eigenvalue weighted by atomic mass is 32.2. The van der Waals surface area contributed by atoms with E-state index in [1.54, 1.807) is 65.4 Å². The van der Waals surface area contributed by atoms with Gasteiger partial charge in [-0.25, -0.2) is 23.5 Å². The summed E-state index contributed by atoms with van der Waals surface area (Å²) in [6.45, 7) is 0. The van der Waals surface area contributed by atoms with Gasteiger partial charge in [0.25, 0.3) is 0 Å². The van der Waals surface area contributed by atoms with Crippen LogP contribution in [-0.2, 0) is 65.8 Å². The molecule has 392 valence electrons. The third kappa shape index (κ3) is 12.9. The molecule has 0 aliphatic carbocycles. The molecule has 74 heavy (non-hydrogen) atoms. The topological polar surface area (TPSA) is 256 Å². The summed E-state index contributed by atoms with van der Waals surface area (Å²) in [4.78, 5) is 15.2. The van der Waals surface area contributed by atoms with Gasteiger partial charge in [-0.1, -0.05) is 72.8 Å². The van der Waals surface area contributed by atoms with Gasteiger partial charge in [0.15, 0.2) is 0 Å². The first kappa shape index (κ1) is 54.6. The molecule has 0 radical (unpaired) electrons. The zero-order chi connectivity index (χ0) is 54.1. The lowest BCUT2D eigenvalue weighted by atomic mass is 10.0. The molecule has 8 rings (SSSR count). The number of aromatic amines is 2. The highest BCUT2D eigenvalue weighted by Gasteiger charge is 2.47. The van der Waals surface area contributed by atoms with Crippen molar-refractivity contribution in [1.29, 1.82) is 0 Å². The second kappa shape index (κ2) is 20.6. The highest BCUT2D eigenvalue weighted by Crippen LogP contribution is 2.34. The Morgan fingerprint density at radius 1 is 0.446 bits per heavy atom. The quantitative estimate of drug-likeness (QED) is 0.0530. The number of nitrogens with two attached hydrogens (primary N) is 1. The Morgan fingerprint density at radius 3 is 1.24 bits per heavy atom. The fourth-order valence-electron chi connectivity index (χ4n) is 7.11. The van der Waals surface area contributed by atoms with Crippen molar-refractivity contribution in [2.24, 2.45) is 5.14 Å². The summed E-state index contributed by atoms with van der Waals surface area (Å²) < 4.78 is 210. The largest absolute Gasteiger partial charge is 0.516 e. The number of H-pyrrole nitrogens is 2. The smallest absolute Gasteiger partial charge is 0.342 e. The minimum absolute atomic E-state index is 0.0139. The number of nitrogens with one attached hydrogen (secondary N) is 5. The average molecular weight is 1120 g/mol. The number of sulfonamides is 4. The summed E-state index contributed by atoms with van der Waals surface area (Å²) in [5, 5.41) is 5.33. The Morgan fingerprint density at radius 2 is 0.824 bits per heavy atom. The second-order valence-corrected chi connectivity index (χ2v) is 22.5. The van der Waals surface area contributed by atoms with Gasteiger partial charge >= 0.3 is 46.6 Å². The first-order valence-electron chi connectivity index (χ1n) is 21.0. The Labute approximate surface area is 415 Å². The molecule has 6 aromatic carbocycles. The summed E-state index contributed by atoms with van der Waals surface area (Å²) in [5.74, 6) is 1.19. The van der Waals surface area contributed by atoms with Crippen molar-refractivity contribution < 1.29 is 73.2 Å². The van der Waals surface area contributed by atoms with Crippen LogP contribution in [0, 0.1) is 0 Å². The third-order valence-electron chi connectivity index (χ3n) is 10.7. The summed E-state index contributed by atoms with van der Waals surface area (Å²) in [5.41, 5.74) is -11.4. The number of alkyl halides is 9. The molecule has 0 bridgehead atoms. The maximum atomic E-state index is 12.9. The molecule has 0 aliphatic rings. The standard InChI is InChI=1S/C23H18F6N4O4S2.C22H19F3N4O4S2/c24-22(25,26)38(34,35)32-16-9-5-14(6-10-16)7-12-21-30-19-11-8-15(13-20(19)31-21)17-3-1-2-4-18(17)33-39(36,37)23(27,28)29;23-22(24,25)35(32,33)29-16-9-5-14(6-10-16)7-12-21-27-18-11-8-15(13-19(18)28-21)17-3-1-2-4-20(17)34(26,30)31/h1-6,8-11,13,32-33H,7,12H2,(H,30,31);1-6,8-11,13,29H,7,12H2,(H,27,28)(H2,26,30,31). The first-order chi connectivity index (χ1) is 34.4. The molecule has 2 aromatic heterocycles. The molecular weight excluding hydrogens is 1080 g/mol. The Kier molecular flexibility index (Phi) is 15.2. The Hall–Kier alpha value is -7.21. The molecule has 16 nitrogen and oxygen atoms in total. The van der Waals surface area contributed by atoms with Gasteiger partial charge in [-0.3, -0.25) is 14.2 Å². The molecule has 8 aromatic rings. The third-order valence-corrected chi connectivity index (χ3v) is 15.0. The van der Waals surface area contributed by atoms with Crippen LogP contribution in [0.4, 0.5) is 56.6 Å². The molecule has 0 unspecified atom stereocenters. The van der Waals surface area contributed by atoms with Gasteiger partial charge in [0.2, 0.25) is 10.0 Å². The van der Waals surface area contributed by atoms with Gasteiger partial charge in [-0.05, 0) is 95.8 Å². The predicted molar refractivity (Wildman–Crippen MR) is 258 cm³/mol. The maximum Gasteiger partial charge on any atom is 0.516 e. The van der Waals surface area contributed by atoms with Gasteiger partial charge in [-0.2, -0.15) is 64.8 Å². The van der Waals surface area contributed by atoms with E-state index in [9.17, 15) is 73.2 Å². The lowest BCUT2D eigenvalue weighted by Crippen LogP contribution is -2.30. The number of anilines is 3. The van der Waals surface area contributed by atoms with Crippen LogP contribution in [0.1, 0.15) is 22.8 Å². The fourth-order valence-corrected chi connectivity index (χ4v) is 9.58. The van der Waals surface area contributed by atoms with Crippen molar-refractivity contribution in [3.8, 4) is 22.3 Å². The Bertz CT molecular complexity index is 3810. The number of benzene rings is 6. The predicted octanol–water partition coefficient (Wildman–Crippen LogP) is 9.46. The zero-order valence-electron chi connectivity index (χ0n) is 37.3. The van der Waals surface area contributed by atoms with Gasteiger partial charge < -0.3 is 9.97 Å². The van der Waals surface area contributed by atoms with E-state index in [2.05, 4.69) is 19.9 Å². The van der Waals surface area contributed by atoms with Crippen molar-refractivity contribution in [2.45, 2.75) is 47.1 Å². The number of para-hydroxylation sites is 1. The average Bonchev–Trinajstić information content (AvgIpc) is 3.93. The van der Waals surface area contributed by atoms with Crippen molar-refractivity contribution in [2.75, 3.05) is 14.2 Å². The molecule has 2 heterocycles. The number of primary sulfonamides is 1. The van der Waals surface area contributed by atoms with E-state index in [1.165, 1.54) is 82.2 Å². The van der Waals surface area contributed by atoms with Crippen LogP contribution in [0.25, 0.3) is 44.3 Å². The SMILES string of the molecule is NS(=O)(=O)c1ccccc1-c1ccc2nc(CCc3ccc(NS(=O)(=O)C(F)(F)F)cc3)[nH]c2c1.O=S(=O)(Nc1ccc(CCc2nc3ccc(-c4ccccc4NS(=O)(=O)C(F)(F)F)cc3[nH]2)cc1)C(F)(F)F. The van der Waals surface area contributed by atoms with E-state index in [4.69, 9.17) is 5.14 Å².